The lowest BCUT2D eigenvalue weighted by molar-refractivity contribution is -0.146. The summed E-state index contributed by atoms with van der Waals surface area (Å²) in [4.78, 5) is 22.9. The van der Waals surface area contributed by atoms with Crippen molar-refractivity contribution < 1.29 is 19.1 Å². The molecule has 0 saturated heterocycles. The lowest BCUT2D eigenvalue weighted by Gasteiger charge is -2.07. The van der Waals surface area contributed by atoms with E-state index in [2.05, 4.69) is 0 Å². The number of esters is 1. The zero-order valence-corrected chi connectivity index (χ0v) is 11.1. The second-order valence-electron chi connectivity index (χ2n) is 4.60. The number of rotatable bonds is 6. The molecule has 1 aliphatic rings. The van der Waals surface area contributed by atoms with Gasteiger partial charge in [-0.1, -0.05) is 13.3 Å². The number of unbranched alkanes of at least 4 members (excludes halogenated alkanes) is 1. The molecule has 0 saturated carbocycles. The Labute approximate surface area is 112 Å². The topological polar surface area (TPSA) is 52.6 Å². The average Bonchev–Trinajstić information content (AvgIpc) is 2.78. The predicted molar refractivity (Wildman–Crippen MR) is 70.5 cm³/mol. The lowest BCUT2D eigenvalue weighted by atomic mass is 10.1. The summed E-state index contributed by atoms with van der Waals surface area (Å²) in [5, 5.41) is 0. The molecule has 0 aromatic heterocycles. The van der Waals surface area contributed by atoms with Crippen LogP contribution in [0.5, 0.6) is 5.75 Å². The molecule has 102 valence electrons. The highest BCUT2D eigenvalue weighted by Gasteiger charge is 2.19. The van der Waals surface area contributed by atoms with Crippen LogP contribution in [-0.4, -0.2) is 25.0 Å². The van der Waals surface area contributed by atoms with Crippen LogP contribution in [0.25, 0.3) is 0 Å². The van der Waals surface area contributed by atoms with Crippen molar-refractivity contribution >= 4 is 11.8 Å². The first-order valence-electron chi connectivity index (χ1n) is 6.65. The van der Waals surface area contributed by atoms with Crippen LogP contribution in [0.15, 0.2) is 18.2 Å². The van der Waals surface area contributed by atoms with E-state index in [1.807, 2.05) is 13.0 Å². The van der Waals surface area contributed by atoms with E-state index in [0.29, 0.717) is 18.8 Å². The second kappa shape index (κ2) is 6.36. The summed E-state index contributed by atoms with van der Waals surface area (Å²) in [6.45, 7) is 2.39. The Balaban J connectivity index is 1.84. The van der Waals surface area contributed by atoms with Crippen LogP contribution in [0.1, 0.15) is 42.1 Å². The van der Waals surface area contributed by atoms with Crippen molar-refractivity contribution in [3.63, 3.8) is 0 Å². The van der Waals surface area contributed by atoms with Gasteiger partial charge in [0.25, 0.3) is 0 Å². The molecule has 1 aromatic rings. The number of ketones is 1. The number of aryl methyl sites for hydroxylation is 1. The fourth-order valence-corrected chi connectivity index (χ4v) is 2.04. The molecule has 0 fully saturated rings. The predicted octanol–water partition coefficient (Wildman–Crippen LogP) is 2.54. The molecule has 19 heavy (non-hydrogen) atoms. The minimum Gasteiger partial charge on any atom is -0.482 e. The SMILES string of the molecule is CCCCOC(=O)COc1ccc2c(c1)CCC2=O. The second-order valence-corrected chi connectivity index (χ2v) is 4.60. The zero-order valence-electron chi connectivity index (χ0n) is 11.1. The van der Waals surface area contributed by atoms with E-state index in [9.17, 15) is 9.59 Å². The molecule has 0 bridgehead atoms. The Hall–Kier alpha value is -1.84. The van der Waals surface area contributed by atoms with Gasteiger partial charge in [-0.2, -0.15) is 0 Å². The van der Waals surface area contributed by atoms with Gasteiger partial charge in [0.1, 0.15) is 5.75 Å². The fourth-order valence-electron chi connectivity index (χ4n) is 2.04. The van der Waals surface area contributed by atoms with Crippen molar-refractivity contribution in [2.75, 3.05) is 13.2 Å². The lowest BCUT2D eigenvalue weighted by Crippen LogP contribution is -2.15. The maximum absolute atomic E-state index is 11.5. The standard InChI is InChI=1S/C15H18O4/c1-2-3-8-18-15(17)10-19-12-5-6-13-11(9-12)4-7-14(13)16/h5-6,9H,2-4,7-8,10H2,1H3. The van der Waals surface area contributed by atoms with Gasteiger partial charge in [0.2, 0.25) is 0 Å². The van der Waals surface area contributed by atoms with Crippen molar-refractivity contribution in [3.05, 3.63) is 29.3 Å². The first-order valence-corrected chi connectivity index (χ1v) is 6.65. The van der Waals surface area contributed by atoms with E-state index in [0.717, 1.165) is 30.4 Å². The van der Waals surface area contributed by atoms with E-state index >= 15 is 0 Å². The number of carbonyl (C=O) groups is 2. The summed E-state index contributed by atoms with van der Waals surface area (Å²) in [5.41, 5.74) is 1.78. The smallest absolute Gasteiger partial charge is 0.344 e. The Bertz CT molecular complexity index is 479. The van der Waals surface area contributed by atoms with Crippen LogP contribution < -0.4 is 4.74 Å². The van der Waals surface area contributed by atoms with E-state index in [4.69, 9.17) is 9.47 Å². The zero-order chi connectivity index (χ0) is 13.7. The first kappa shape index (κ1) is 13.6. The Morgan fingerprint density at radius 1 is 1.32 bits per heavy atom. The van der Waals surface area contributed by atoms with Crippen LogP contribution in [0.2, 0.25) is 0 Å². The number of hydrogen-bond acceptors (Lipinski definition) is 4. The number of carbonyl (C=O) groups excluding carboxylic acids is 2. The maximum atomic E-state index is 11.5. The largest absolute Gasteiger partial charge is 0.482 e. The monoisotopic (exact) mass is 262 g/mol. The van der Waals surface area contributed by atoms with Crippen molar-refractivity contribution in [2.24, 2.45) is 0 Å². The fraction of sp³-hybridized carbons (Fsp3) is 0.467. The minimum atomic E-state index is -0.356. The summed E-state index contributed by atoms with van der Waals surface area (Å²) >= 11 is 0. The molecular formula is C15H18O4. The molecule has 0 unspecified atom stereocenters. The van der Waals surface area contributed by atoms with Gasteiger partial charge in [-0.05, 0) is 36.6 Å². The number of Topliss-reactive ketones (excluding diaryl/α,β-unsaturated/α-hetero) is 1. The summed E-state index contributed by atoms with van der Waals surface area (Å²) in [6, 6.07) is 5.32. The Kier molecular flexibility index (Phi) is 4.55. The third-order valence-corrected chi connectivity index (χ3v) is 3.12. The van der Waals surface area contributed by atoms with Crippen LogP contribution in [0, 0.1) is 0 Å². The number of ether oxygens (including phenoxy) is 2. The summed E-state index contributed by atoms with van der Waals surface area (Å²) < 4.78 is 10.4. The molecule has 0 radical (unpaired) electrons. The first-order chi connectivity index (χ1) is 9.20. The van der Waals surface area contributed by atoms with Gasteiger partial charge in [-0.25, -0.2) is 4.79 Å². The van der Waals surface area contributed by atoms with Gasteiger partial charge in [0.15, 0.2) is 12.4 Å². The van der Waals surface area contributed by atoms with Crippen molar-refractivity contribution in [2.45, 2.75) is 32.6 Å². The van der Waals surface area contributed by atoms with Crippen molar-refractivity contribution in [3.8, 4) is 5.75 Å². The van der Waals surface area contributed by atoms with Gasteiger partial charge in [-0.3, -0.25) is 4.79 Å². The number of hydrogen-bond donors (Lipinski definition) is 0. The molecule has 0 spiro atoms. The third kappa shape index (κ3) is 3.56. The highest BCUT2D eigenvalue weighted by molar-refractivity contribution is 6.00. The molecule has 0 aliphatic heterocycles. The molecule has 0 amide bonds. The molecular weight excluding hydrogens is 244 g/mol. The van der Waals surface area contributed by atoms with Gasteiger partial charge < -0.3 is 9.47 Å². The molecule has 0 atom stereocenters. The van der Waals surface area contributed by atoms with Gasteiger partial charge >= 0.3 is 5.97 Å². The maximum Gasteiger partial charge on any atom is 0.344 e. The molecule has 4 heteroatoms. The van der Waals surface area contributed by atoms with Gasteiger partial charge in [-0.15, -0.1) is 0 Å². The van der Waals surface area contributed by atoms with E-state index in [-0.39, 0.29) is 18.4 Å². The third-order valence-electron chi connectivity index (χ3n) is 3.12. The van der Waals surface area contributed by atoms with E-state index in [1.54, 1.807) is 12.1 Å². The van der Waals surface area contributed by atoms with Crippen molar-refractivity contribution in [1.82, 2.24) is 0 Å². The van der Waals surface area contributed by atoms with Gasteiger partial charge in [0.05, 0.1) is 6.61 Å². The average molecular weight is 262 g/mol. The molecule has 2 rings (SSSR count). The Morgan fingerprint density at radius 2 is 2.16 bits per heavy atom. The van der Waals surface area contributed by atoms with Crippen molar-refractivity contribution in [1.29, 1.82) is 0 Å². The summed E-state index contributed by atoms with van der Waals surface area (Å²) in [5.74, 6) is 0.437. The minimum absolute atomic E-state index is 0.0869. The molecule has 1 aromatic carbocycles. The van der Waals surface area contributed by atoms with Crippen LogP contribution in [0.3, 0.4) is 0 Å². The number of fused-ring (bicyclic) bond motifs is 1. The molecule has 0 heterocycles. The molecule has 0 N–H and O–H groups in total. The summed E-state index contributed by atoms with van der Waals surface area (Å²) in [6.07, 6.45) is 3.18. The van der Waals surface area contributed by atoms with E-state index in [1.165, 1.54) is 0 Å². The van der Waals surface area contributed by atoms with Crippen LogP contribution in [0.4, 0.5) is 0 Å². The van der Waals surface area contributed by atoms with Crippen LogP contribution >= 0.6 is 0 Å². The quantitative estimate of drug-likeness (QED) is 0.584. The highest BCUT2D eigenvalue weighted by atomic mass is 16.6. The number of benzene rings is 1. The van der Waals surface area contributed by atoms with Crippen LogP contribution in [-0.2, 0) is 16.0 Å². The summed E-state index contributed by atoms with van der Waals surface area (Å²) in [7, 11) is 0. The highest BCUT2D eigenvalue weighted by Crippen LogP contribution is 2.26. The molecule has 1 aliphatic carbocycles. The van der Waals surface area contributed by atoms with E-state index < -0.39 is 0 Å². The van der Waals surface area contributed by atoms with Gasteiger partial charge in [0, 0.05) is 12.0 Å². The normalized spacial score (nSPS) is 13.2. The molecule has 4 nitrogen and oxygen atoms in total. The Morgan fingerprint density at radius 3 is 2.95 bits per heavy atom.